The third-order valence-corrected chi connectivity index (χ3v) is 6.13. The zero-order chi connectivity index (χ0) is 20.4. The molecule has 1 aromatic carbocycles. The van der Waals surface area contributed by atoms with Gasteiger partial charge in [0.25, 0.3) is 15.9 Å². The standard InChI is InChI=1S/C14H12Cl2F3N3O3S2/c1-26-13-20-10(11(16)22(13)7-6-14(17,18)19)12(23)21-27(24,25)9-5-3-2-4-8(9)15/h2-5H,6-7H2,1H3,(H,21,23). The molecule has 0 saturated carbocycles. The fourth-order valence-corrected chi connectivity index (χ4v) is 4.44. The number of amides is 1. The van der Waals surface area contributed by atoms with E-state index >= 15 is 0 Å². The lowest BCUT2D eigenvalue weighted by molar-refractivity contribution is -0.137. The summed E-state index contributed by atoms with van der Waals surface area (Å²) in [6.07, 6.45) is -4.08. The van der Waals surface area contributed by atoms with Gasteiger partial charge in [0.15, 0.2) is 10.9 Å². The molecule has 13 heteroatoms. The number of thioether (sulfide) groups is 1. The predicted octanol–water partition coefficient (Wildman–Crippen LogP) is 3.98. The van der Waals surface area contributed by atoms with E-state index in [0.29, 0.717) is 0 Å². The zero-order valence-electron chi connectivity index (χ0n) is 13.5. The van der Waals surface area contributed by atoms with E-state index in [-0.39, 0.29) is 15.1 Å². The number of carbonyl (C=O) groups excluding carboxylic acids is 1. The summed E-state index contributed by atoms with van der Waals surface area (Å²) in [6.45, 7) is -0.559. The first-order valence-electron chi connectivity index (χ1n) is 7.14. The third-order valence-electron chi connectivity index (χ3n) is 3.24. The van der Waals surface area contributed by atoms with Crippen LogP contribution in [-0.4, -0.2) is 36.3 Å². The van der Waals surface area contributed by atoms with Gasteiger partial charge in [0.1, 0.15) is 10.0 Å². The summed E-state index contributed by atoms with van der Waals surface area (Å²) < 4.78 is 64.8. The van der Waals surface area contributed by atoms with Crippen molar-refractivity contribution in [3.05, 3.63) is 40.1 Å². The summed E-state index contributed by atoms with van der Waals surface area (Å²) in [7, 11) is -4.33. The van der Waals surface area contributed by atoms with Crippen LogP contribution in [0.15, 0.2) is 34.3 Å². The van der Waals surface area contributed by atoms with E-state index in [1.54, 1.807) is 4.72 Å². The number of hydrogen-bond donors (Lipinski definition) is 1. The molecule has 1 aromatic heterocycles. The second kappa shape index (κ2) is 8.29. The van der Waals surface area contributed by atoms with Crippen LogP contribution < -0.4 is 4.72 Å². The molecule has 0 radical (unpaired) electrons. The fraction of sp³-hybridized carbons (Fsp3) is 0.286. The van der Waals surface area contributed by atoms with Crippen LogP contribution in [0.3, 0.4) is 0 Å². The number of rotatable bonds is 6. The highest BCUT2D eigenvalue weighted by Gasteiger charge is 2.30. The number of aromatic nitrogens is 2. The van der Waals surface area contributed by atoms with Crippen molar-refractivity contribution in [1.29, 1.82) is 0 Å². The molecule has 0 fully saturated rings. The summed E-state index contributed by atoms with van der Waals surface area (Å²) in [4.78, 5) is 15.8. The predicted molar refractivity (Wildman–Crippen MR) is 95.8 cm³/mol. The van der Waals surface area contributed by atoms with Crippen molar-refractivity contribution >= 4 is 50.9 Å². The second-order valence-electron chi connectivity index (χ2n) is 5.12. The van der Waals surface area contributed by atoms with Gasteiger partial charge in [-0.1, -0.05) is 47.1 Å². The number of nitrogens with zero attached hydrogens (tertiary/aromatic N) is 2. The second-order valence-corrected chi connectivity index (χ2v) is 8.31. The highest BCUT2D eigenvalue weighted by atomic mass is 35.5. The largest absolute Gasteiger partial charge is 0.390 e. The topological polar surface area (TPSA) is 81.1 Å². The molecular weight excluding hydrogens is 450 g/mol. The Balaban J connectivity index is 2.31. The molecule has 0 atom stereocenters. The van der Waals surface area contributed by atoms with Crippen LogP contribution in [0.4, 0.5) is 13.2 Å². The van der Waals surface area contributed by atoms with Crippen molar-refractivity contribution < 1.29 is 26.4 Å². The number of benzene rings is 1. The first-order valence-corrected chi connectivity index (χ1v) is 10.6. The van der Waals surface area contributed by atoms with Crippen molar-refractivity contribution in [2.24, 2.45) is 0 Å². The van der Waals surface area contributed by atoms with E-state index in [1.165, 1.54) is 30.5 Å². The van der Waals surface area contributed by atoms with Gasteiger partial charge in [-0.25, -0.2) is 18.1 Å². The van der Waals surface area contributed by atoms with Crippen LogP contribution in [0.1, 0.15) is 16.9 Å². The van der Waals surface area contributed by atoms with Gasteiger partial charge in [0, 0.05) is 6.54 Å². The lowest BCUT2D eigenvalue weighted by Gasteiger charge is -2.10. The molecule has 0 unspecified atom stereocenters. The highest BCUT2D eigenvalue weighted by Crippen LogP contribution is 2.28. The first-order chi connectivity index (χ1) is 12.5. The van der Waals surface area contributed by atoms with Gasteiger partial charge in [-0.05, 0) is 18.4 Å². The van der Waals surface area contributed by atoms with Crippen LogP contribution in [0.25, 0.3) is 0 Å². The lowest BCUT2D eigenvalue weighted by Crippen LogP contribution is -2.31. The van der Waals surface area contributed by atoms with Gasteiger partial charge in [0.05, 0.1) is 11.4 Å². The van der Waals surface area contributed by atoms with Crippen molar-refractivity contribution in [2.75, 3.05) is 6.26 Å². The SMILES string of the molecule is CSc1nc(C(=O)NS(=O)(=O)c2ccccc2Cl)c(Cl)n1CCC(F)(F)F. The minimum absolute atomic E-state index is 0.0459. The number of hydrogen-bond acceptors (Lipinski definition) is 5. The number of sulfonamides is 1. The molecule has 0 spiro atoms. The minimum atomic E-state index is -4.43. The van der Waals surface area contributed by atoms with E-state index < -0.39 is 45.9 Å². The monoisotopic (exact) mass is 461 g/mol. The summed E-state index contributed by atoms with van der Waals surface area (Å²) in [6, 6.07) is 5.43. The number of carbonyl (C=O) groups is 1. The van der Waals surface area contributed by atoms with Crippen molar-refractivity contribution in [1.82, 2.24) is 14.3 Å². The quantitative estimate of drug-likeness (QED) is 0.657. The maximum atomic E-state index is 12.5. The molecule has 2 aromatic rings. The molecule has 0 aliphatic rings. The smallest absolute Gasteiger partial charge is 0.309 e. The Morgan fingerprint density at radius 1 is 1.30 bits per heavy atom. The third kappa shape index (κ3) is 5.31. The van der Waals surface area contributed by atoms with E-state index in [0.717, 1.165) is 16.3 Å². The molecule has 0 bridgehead atoms. The molecule has 1 N–H and O–H groups in total. The Morgan fingerprint density at radius 3 is 2.48 bits per heavy atom. The van der Waals surface area contributed by atoms with Crippen molar-refractivity contribution in [3.8, 4) is 0 Å². The van der Waals surface area contributed by atoms with Crippen molar-refractivity contribution in [3.63, 3.8) is 0 Å². The summed E-state index contributed by atoms with van der Waals surface area (Å²) >= 11 is 12.8. The average Bonchev–Trinajstić information content (AvgIpc) is 2.88. The van der Waals surface area contributed by atoms with Gasteiger partial charge in [-0.15, -0.1) is 0 Å². The maximum Gasteiger partial charge on any atom is 0.390 e. The maximum absolute atomic E-state index is 12.5. The molecule has 2 rings (SSSR count). The Labute approximate surface area is 167 Å². The number of nitrogens with one attached hydrogen (secondary N) is 1. The molecule has 0 aliphatic carbocycles. The molecule has 1 amide bonds. The zero-order valence-corrected chi connectivity index (χ0v) is 16.7. The number of halogens is 5. The van der Waals surface area contributed by atoms with Gasteiger partial charge in [-0.2, -0.15) is 13.2 Å². The van der Waals surface area contributed by atoms with Crippen LogP contribution in [0.2, 0.25) is 10.2 Å². The van der Waals surface area contributed by atoms with Crippen LogP contribution in [-0.2, 0) is 16.6 Å². The Hall–Kier alpha value is -1.43. The van der Waals surface area contributed by atoms with Crippen LogP contribution >= 0.6 is 35.0 Å². The van der Waals surface area contributed by atoms with E-state index in [2.05, 4.69) is 4.98 Å². The van der Waals surface area contributed by atoms with Gasteiger partial charge in [-0.3, -0.25) is 4.79 Å². The molecule has 148 valence electrons. The van der Waals surface area contributed by atoms with E-state index in [9.17, 15) is 26.4 Å². The molecule has 6 nitrogen and oxygen atoms in total. The normalized spacial score (nSPS) is 12.2. The fourth-order valence-electron chi connectivity index (χ4n) is 2.03. The number of imidazole rings is 1. The van der Waals surface area contributed by atoms with Crippen LogP contribution in [0, 0.1) is 0 Å². The lowest BCUT2D eigenvalue weighted by atomic mass is 10.4. The summed E-state index contributed by atoms with van der Waals surface area (Å²) in [5.41, 5.74) is -0.501. The number of alkyl halides is 3. The molecule has 0 aliphatic heterocycles. The highest BCUT2D eigenvalue weighted by molar-refractivity contribution is 7.98. The van der Waals surface area contributed by atoms with Crippen molar-refractivity contribution in [2.45, 2.75) is 29.2 Å². The van der Waals surface area contributed by atoms with Gasteiger partial charge in [0.2, 0.25) is 0 Å². The van der Waals surface area contributed by atoms with Gasteiger partial charge < -0.3 is 4.57 Å². The van der Waals surface area contributed by atoms with E-state index in [1.807, 2.05) is 0 Å². The first kappa shape index (κ1) is 21.9. The van der Waals surface area contributed by atoms with Crippen LogP contribution in [0.5, 0.6) is 0 Å². The molecule has 0 saturated heterocycles. The van der Waals surface area contributed by atoms with E-state index in [4.69, 9.17) is 23.2 Å². The summed E-state index contributed by atoms with van der Waals surface area (Å²) in [5.74, 6) is -1.18. The molecule has 1 heterocycles. The average molecular weight is 462 g/mol. The molecule has 27 heavy (non-hydrogen) atoms. The summed E-state index contributed by atoms with van der Waals surface area (Å²) in [5, 5.41) is -0.454. The van der Waals surface area contributed by atoms with Gasteiger partial charge >= 0.3 is 6.18 Å². The Bertz CT molecular complexity index is 962. The Morgan fingerprint density at radius 2 is 1.93 bits per heavy atom. The minimum Gasteiger partial charge on any atom is -0.309 e. The Kier molecular flexibility index (Phi) is 6.72. The molecular formula is C14H12Cl2F3N3O3S2.